The van der Waals surface area contributed by atoms with E-state index in [1.54, 1.807) is 0 Å². The molecule has 21 heavy (non-hydrogen) atoms. The number of ether oxygens (including phenoxy) is 1. The van der Waals surface area contributed by atoms with E-state index in [-0.39, 0.29) is 11.4 Å². The predicted molar refractivity (Wildman–Crippen MR) is 83.2 cm³/mol. The molecule has 0 aliphatic heterocycles. The summed E-state index contributed by atoms with van der Waals surface area (Å²) >= 11 is 0. The van der Waals surface area contributed by atoms with Crippen LogP contribution in [0.2, 0.25) is 0 Å². The average molecular weight is 312 g/mol. The highest BCUT2D eigenvalue weighted by atomic mass is 32.2. The maximum Gasteiger partial charge on any atom is 0.150 e. The molecule has 0 bridgehead atoms. The third-order valence-electron chi connectivity index (χ3n) is 4.14. The van der Waals surface area contributed by atoms with Gasteiger partial charge in [0.2, 0.25) is 0 Å². The van der Waals surface area contributed by atoms with Gasteiger partial charge >= 0.3 is 0 Å². The van der Waals surface area contributed by atoms with Crippen molar-refractivity contribution in [3.8, 4) is 5.75 Å². The van der Waals surface area contributed by atoms with Crippen LogP contribution in [0.15, 0.2) is 24.3 Å². The van der Waals surface area contributed by atoms with Crippen LogP contribution in [-0.4, -0.2) is 31.1 Å². The number of sulfone groups is 1. The second-order valence-electron chi connectivity index (χ2n) is 5.85. The van der Waals surface area contributed by atoms with Gasteiger partial charge in [0.15, 0.2) is 0 Å². The van der Waals surface area contributed by atoms with Crippen molar-refractivity contribution in [3.05, 3.63) is 29.8 Å². The highest BCUT2D eigenvalue weighted by Gasteiger charge is 2.29. The zero-order chi connectivity index (χ0) is 15.5. The molecule has 1 fully saturated rings. The highest BCUT2D eigenvalue weighted by Crippen LogP contribution is 2.28. The fourth-order valence-corrected chi connectivity index (χ4v) is 3.95. The maximum atomic E-state index is 11.7. The second-order valence-corrected chi connectivity index (χ2v) is 8.18. The number of hydrogen-bond acceptors (Lipinski definition) is 4. The quantitative estimate of drug-likeness (QED) is 0.908. The van der Waals surface area contributed by atoms with Crippen molar-refractivity contribution in [1.82, 2.24) is 0 Å². The van der Waals surface area contributed by atoms with Crippen LogP contribution in [0, 0.1) is 0 Å². The minimum absolute atomic E-state index is 0.0413. The van der Waals surface area contributed by atoms with Gasteiger partial charge in [-0.1, -0.05) is 19.1 Å². The molecule has 1 saturated carbocycles. The molecule has 0 amide bonds. The SMILES string of the molecule is CCC(O)c1ccc(OC2CCCC(S(C)(=O)=O)C2)cc1. The first-order valence-electron chi connectivity index (χ1n) is 7.53. The molecule has 0 heterocycles. The Morgan fingerprint density at radius 2 is 1.95 bits per heavy atom. The van der Waals surface area contributed by atoms with Gasteiger partial charge in [0.05, 0.1) is 17.5 Å². The smallest absolute Gasteiger partial charge is 0.150 e. The maximum absolute atomic E-state index is 11.7. The lowest BCUT2D eigenvalue weighted by molar-refractivity contribution is 0.155. The Morgan fingerprint density at radius 3 is 2.52 bits per heavy atom. The molecule has 1 aliphatic rings. The van der Waals surface area contributed by atoms with Crippen molar-refractivity contribution in [2.24, 2.45) is 0 Å². The monoisotopic (exact) mass is 312 g/mol. The molecular weight excluding hydrogens is 288 g/mol. The van der Waals surface area contributed by atoms with Crippen LogP contribution in [0.1, 0.15) is 50.7 Å². The summed E-state index contributed by atoms with van der Waals surface area (Å²) in [4.78, 5) is 0. The van der Waals surface area contributed by atoms with Gasteiger partial charge in [-0.15, -0.1) is 0 Å². The summed E-state index contributed by atoms with van der Waals surface area (Å²) in [7, 11) is -2.99. The molecule has 4 nitrogen and oxygen atoms in total. The van der Waals surface area contributed by atoms with Gasteiger partial charge in [-0.2, -0.15) is 0 Å². The summed E-state index contributed by atoms with van der Waals surface area (Å²) in [5.41, 5.74) is 0.877. The molecule has 3 unspecified atom stereocenters. The lowest BCUT2D eigenvalue weighted by Crippen LogP contribution is -2.33. The van der Waals surface area contributed by atoms with Crippen LogP contribution in [-0.2, 0) is 9.84 Å². The lowest BCUT2D eigenvalue weighted by atomic mass is 9.97. The van der Waals surface area contributed by atoms with E-state index in [1.807, 2.05) is 31.2 Å². The van der Waals surface area contributed by atoms with Crippen LogP contribution in [0.3, 0.4) is 0 Å². The van der Waals surface area contributed by atoms with Crippen LogP contribution < -0.4 is 4.74 Å². The lowest BCUT2D eigenvalue weighted by Gasteiger charge is -2.28. The first-order chi connectivity index (χ1) is 9.90. The van der Waals surface area contributed by atoms with Crippen LogP contribution in [0.4, 0.5) is 0 Å². The molecule has 1 aromatic carbocycles. The summed E-state index contributed by atoms with van der Waals surface area (Å²) in [6.07, 6.45) is 4.59. The van der Waals surface area contributed by atoms with Crippen molar-refractivity contribution in [2.45, 2.75) is 56.5 Å². The number of hydrogen-bond donors (Lipinski definition) is 1. The Kier molecular flexibility index (Phi) is 5.27. The molecule has 1 N–H and O–H groups in total. The Morgan fingerprint density at radius 1 is 1.29 bits per heavy atom. The first kappa shape index (κ1) is 16.3. The van der Waals surface area contributed by atoms with Gasteiger partial charge < -0.3 is 9.84 Å². The first-order valence-corrected chi connectivity index (χ1v) is 9.49. The van der Waals surface area contributed by atoms with Gasteiger partial charge in [-0.3, -0.25) is 0 Å². The van der Waals surface area contributed by atoms with Gasteiger partial charge in [-0.05, 0) is 43.4 Å². The molecule has 5 heteroatoms. The van der Waals surface area contributed by atoms with E-state index in [0.29, 0.717) is 12.8 Å². The van der Waals surface area contributed by atoms with E-state index >= 15 is 0 Å². The van der Waals surface area contributed by atoms with Gasteiger partial charge in [-0.25, -0.2) is 8.42 Å². The van der Waals surface area contributed by atoms with E-state index in [0.717, 1.165) is 30.6 Å². The van der Waals surface area contributed by atoms with E-state index in [4.69, 9.17) is 4.74 Å². The summed E-state index contributed by atoms with van der Waals surface area (Å²) < 4.78 is 29.2. The normalized spacial score (nSPS) is 24.5. The third kappa shape index (κ3) is 4.45. The Labute approximate surface area is 127 Å². The number of aliphatic hydroxyl groups excluding tert-OH is 1. The minimum Gasteiger partial charge on any atom is -0.490 e. The zero-order valence-corrected chi connectivity index (χ0v) is 13.5. The predicted octanol–water partition coefficient (Wildman–Crippen LogP) is 2.86. The molecule has 0 radical (unpaired) electrons. The Balaban J connectivity index is 1.98. The fraction of sp³-hybridized carbons (Fsp3) is 0.625. The van der Waals surface area contributed by atoms with E-state index in [1.165, 1.54) is 6.26 Å². The molecule has 0 aromatic heterocycles. The van der Waals surface area contributed by atoms with E-state index in [9.17, 15) is 13.5 Å². The number of benzene rings is 1. The summed E-state index contributed by atoms with van der Waals surface area (Å²) in [5, 5.41) is 9.48. The van der Waals surface area contributed by atoms with Crippen molar-refractivity contribution >= 4 is 9.84 Å². The Bertz CT molecular complexity index is 550. The zero-order valence-electron chi connectivity index (χ0n) is 12.7. The standard InChI is InChI=1S/C16H24O4S/c1-3-16(17)12-7-9-13(10-8-12)20-14-5-4-6-15(11-14)21(2,18)19/h7-10,14-17H,3-6,11H2,1-2H3. The molecule has 3 atom stereocenters. The average Bonchev–Trinajstić information content (AvgIpc) is 2.47. The van der Waals surface area contributed by atoms with E-state index in [2.05, 4.69) is 0 Å². The van der Waals surface area contributed by atoms with Crippen molar-refractivity contribution in [3.63, 3.8) is 0 Å². The van der Waals surface area contributed by atoms with Crippen LogP contribution >= 0.6 is 0 Å². The molecular formula is C16H24O4S. The van der Waals surface area contributed by atoms with E-state index < -0.39 is 15.9 Å². The van der Waals surface area contributed by atoms with Crippen LogP contribution in [0.5, 0.6) is 5.75 Å². The summed E-state index contributed by atoms with van der Waals surface area (Å²) in [6.45, 7) is 1.93. The molecule has 0 saturated heterocycles. The van der Waals surface area contributed by atoms with Crippen LogP contribution in [0.25, 0.3) is 0 Å². The minimum atomic E-state index is -2.99. The summed E-state index contributed by atoms with van der Waals surface area (Å²) in [5.74, 6) is 0.737. The number of rotatable bonds is 5. The van der Waals surface area contributed by atoms with Gasteiger partial charge in [0.1, 0.15) is 15.6 Å². The number of aliphatic hydroxyl groups is 1. The van der Waals surface area contributed by atoms with Gasteiger partial charge in [0, 0.05) is 12.7 Å². The van der Waals surface area contributed by atoms with Crippen molar-refractivity contribution in [2.75, 3.05) is 6.26 Å². The topological polar surface area (TPSA) is 63.6 Å². The molecule has 1 aromatic rings. The highest BCUT2D eigenvalue weighted by molar-refractivity contribution is 7.91. The fourth-order valence-electron chi connectivity index (χ4n) is 2.79. The largest absolute Gasteiger partial charge is 0.490 e. The van der Waals surface area contributed by atoms with Gasteiger partial charge in [0.25, 0.3) is 0 Å². The third-order valence-corrected chi connectivity index (χ3v) is 5.78. The van der Waals surface area contributed by atoms with Crippen molar-refractivity contribution < 1.29 is 18.3 Å². The molecule has 118 valence electrons. The molecule has 0 spiro atoms. The van der Waals surface area contributed by atoms with Crippen molar-refractivity contribution in [1.29, 1.82) is 0 Å². The Hall–Kier alpha value is -1.07. The molecule has 1 aliphatic carbocycles. The summed E-state index contributed by atoms with van der Waals surface area (Å²) in [6, 6.07) is 7.41. The molecule has 2 rings (SSSR count). The second kappa shape index (κ2) is 6.79.